The zero-order valence-electron chi connectivity index (χ0n) is 12.7. The largest absolute Gasteiger partial charge is 0.462 e. The molecule has 0 aliphatic carbocycles. The molecule has 11 nitrogen and oxygen atoms in total. The Kier molecular flexibility index (Phi) is 4.32. The lowest BCUT2D eigenvalue weighted by atomic mass is 10.1. The van der Waals surface area contributed by atoms with Gasteiger partial charge in [-0.05, 0) is 6.92 Å². The smallest absolute Gasteiger partial charge is 0.322 e. The van der Waals surface area contributed by atoms with Gasteiger partial charge in [0.1, 0.15) is 31.0 Å². The highest BCUT2D eigenvalue weighted by molar-refractivity contribution is 5.74. The van der Waals surface area contributed by atoms with Crippen LogP contribution in [0.3, 0.4) is 0 Å². The fourth-order valence-electron chi connectivity index (χ4n) is 2.44. The van der Waals surface area contributed by atoms with Crippen molar-refractivity contribution in [1.29, 1.82) is 0 Å². The lowest BCUT2D eigenvalue weighted by Crippen LogP contribution is -2.36. The Morgan fingerprint density at radius 2 is 2.25 bits per heavy atom. The number of rotatable bonds is 4. The van der Waals surface area contributed by atoms with Gasteiger partial charge in [-0.1, -0.05) is 0 Å². The number of hydrogen-bond donors (Lipinski definition) is 4. The van der Waals surface area contributed by atoms with E-state index in [1.54, 1.807) is 0 Å². The molecule has 0 spiro atoms. The van der Waals surface area contributed by atoms with E-state index in [1.807, 2.05) is 0 Å². The predicted octanol–water partition coefficient (Wildman–Crippen LogP) is -2.37. The monoisotopic (exact) mass is 339 g/mol. The number of aliphatic hydroxyl groups excluding tert-OH is 2. The van der Waals surface area contributed by atoms with Gasteiger partial charge in [0.2, 0.25) is 0 Å². The molecule has 1 aliphatic heterocycles. The highest BCUT2D eigenvalue weighted by Gasteiger charge is 2.45. The number of imidazole rings is 1. The first-order valence-electron chi connectivity index (χ1n) is 7.24. The number of aliphatic hydroxyl groups is 2. The Bertz CT molecular complexity index is 801. The second-order valence-corrected chi connectivity index (χ2v) is 5.52. The summed E-state index contributed by atoms with van der Waals surface area (Å²) in [6, 6.07) is -0.808. The molecular formula is C13H17N5O6. The van der Waals surface area contributed by atoms with Crippen molar-refractivity contribution in [1.82, 2.24) is 19.5 Å². The third-order valence-corrected chi connectivity index (χ3v) is 3.74. The summed E-state index contributed by atoms with van der Waals surface area (Å²) in [7, 11) is 0. The molecule has 5 atom stereocenters. The molecule has 11 heteroatoms. The molecule has 2 aromatic heterocycles. The quantitative estimate of drug-likeness (QED) is 0.445. The first-order chi connectivity index (χ1) is 11.4. The van der Waals surface area contributed by atoms with E-state index >= 15 is 0 Å². The predicted molar refractivity (Wildman–Crippen MR) is 78.7 cm³/mol. The number of carbonyl (C=O) groups excluding carboxylic acids is 1. The average Bonchev–Trinajstić information content (AvgIpc) is 3.09. The highest BCUT2D eigenvalue weighted by Crippen LogP contribution is 2.31. The van der Waals surface area contributed by atoms with Crippen LogP contribution in [-0.2, 0) is 14.3 Å². The van der Waals surface area contributed by atoms with Gasteiger partial charge in [0.15, 0.2) is 17.4 Å². The van der Waals surface area contributed by atoms with Crippen LogP contribution in [0.5, 0.6) is 0 Å². The number of fused-ring (bicyclic) bond motifs is 1. The van der Waals surface area contributed by atoms with Crippen LogP contribution in [0.25, 0.3) is 11.2 Å². The normalized spacial score (nSPS) is 28.2. The van der Waals surface area contributed by atoms with Gasteiger partial charge < -0.3 is 30.4 Å². The number of aromatic nitrogens is 4. The van der Waals surface area contributed by atoms with E-state index in [-0.39, 0.29) is 17.8 Å². The van der Waals surface area contributed by atoms with Gasteiger partial charge in [0, 0.05) is 0 Å². The number of carbonyl (C=O) groups is 1. The van der Waals surface area contributed by atoms with Crippen molar-refractivity contribution in [2.24, 2.45) is 5.73 Å². The second kappa shape index (κ2) is 6.28. The fourth-order valence-corrected chi connectivity index (χ4v) is 2.44. The van der Waals surface area contributed by atoms with Gasteiger partial charge in [0.05, 0.1) is 12.7 Å². The molecule has 5 N–H and O–H groups in total. The Hall–Kier alpha value is -2.34. The van der Waals surface area contributed by atoms with Gasteiger partial charge in [0.25, 0.3) is 5.56 Å². The van der Waals surface area contributed by atoms with Crippen molar-refractivity contribution in [3.8, 4) is 0 Å². The van der Waals surface area contributed by atoms with Crippen molar-refractivity contribution in [3.05, 3.63) is 23.0 Å². The first-order valence-corrected chi connectivity index (χ1v) is 7.24. The Labute approximate surface area is 135 Å². The third kappa shape index (κ3) is 2.78. The molecule has 0 bridgehead atoms. The Morgan fingerprint density at radius 1 is 1.50 bits per heavy atom. The molecule has 1 aliphatic rings. The average molecular weight is 339 g/mol. The van der Waals surface area contributed by atoms with Crippen LogP contribution < -0.4 is 11.3 Å². The molecule has 0 amide bonds. The fraction of sp³-hybridized carbons (Fsp3) is 0.538. The van der Waals surface area contributed by atoms with E-state index < -0.39 is 42.1 Å². The molecular weight excluding hydrogens is 322 g/mol. The van der Waals surface area contributed by atoms with E-state index in [0.29, 0.717) is 0 Å². The van der Waals surface area contributed by atoms with Gasteiger partial charge in [-0.3, -0.25) is 14.2 Å². The van der Waals surface area contributed by atoms with Crippen molar-refractivity contribution in [2.75, 3.05) is 6.61 Å². The van der Waals surface area contributed by atoms with E-state index in [9.17, 15) is 19.8 Å². The maximum Gasteiger partial charge on any atom is 0.322 e. The molecule has 3 rings (SSSR count). The molecule has 24 heavy (non-hydrogen) atoms. The highest BCUT2D eigenvalue weighted by atomic mass is 16.6. The molecule has 3 heterocycles. The minimum Gasteiger partial charge on any atom is -0.462 e. The molecule has 2 aromatic rings. The van der Waals surface area contributed by atoms with Crippen LogP contribution in [0.4, 0.5) is 0 Å². The number of hydrogen-bond acceptors (Lipinski definition) is 9. The Morgan fingerprint density at radius 3 is 2.96 bits per heavy atom. The van der Waals surface area contributed by atoms with Gasteiger partial charge in [-0.2, -0.15) is 0 Å². The molecule has 0 aromatic carbocycles. The zero-order chi connectivity index (χ0) is 17.4. The summed E-state index contributed by atoms with van der Waals surface area (Å²) in [5, 5.41) is 20.3. The minimum atomic E-state index is -1.32. The second-order valence-electron chi connectivity index (χ2n) is 5.52. The molecule has 0 saturated carbocycles. The van der Waals surface area contributed by atoms with Crippen LogP contribution in [0.15, 0.2) is 17.4 Å². The number of nitrogens with two attached hydrogens (primary N) is 1. The van der Waals surface area contributed by atoms with Crippen molar-refractivity contribution in [2.45, 2.75) is 37.5 Å². The van der Waals surface area contributed by atoms with E-state index in [1.165, 1.54) is 24.1 Å². The Balaban J connectivity index is 1.80. The van der Waals surface area contributed by atoms with Gasteiger partial charge in [-0.15, -0.1) is 0 Å². The number of aromatic amines is 1. The van der Waals surface area contributed by atoms with Crippen molar-refractivity contribution < 1.29 is 24.5 Å². The topological polar surface area (TPSA) is 166 Å². The number of nitrogens with one attached hydrogen (secondary N) is 1. The zero-order valence-corrected chi connectivity index (χ0v) is 12.7. The third-order valence-electron chi connectivity index (χ3n) is 3.74. The molecule has 1 saturated heterocycles. The maximum atomic E-state index is 11.7. The molecule has 1 fully saturated rings. The lowest BCUT2D eigenvalue weighted by molar-refractivity contribution is -0.151. The van der Waals surface area contributed by atoms with Crippen LogP contribution in [0.1, 0.15) is 13.2 Å². The van der Waals surface area contributed by atoms with Crippen LogP contribution in [0, 0.1) is 0 Å². The minimum absolute atomic E-state index is 0.0784. The number of nitrogens with zero attached hydrogens (tertiary/aromatic N) is 3. The van der Waals surface area contributed by atoms with E-state index in [0.717, 1.165) is 0 Å². The van der Waals surface area contributed by atoms with Gasteiger partial charge in [-0.25, -0.2) is 9.97 Å². The summed E-state index contributed by atoms with van der Waals surface area (Å²) >= 11 is 0. The first kappa shape index (κ1) is 16.5. The van der Waals surface area contributed by atoms with Crippen molar-refractivity contribution in [3.63, 3.8) is 0 Å². The van der Waals surface area contributed by atoms with E-state index in [4.69, 9.17) is 15.2 Å². The summed E-state index contributed by atoms with van der Waals surface area (Å²) in [6.45, 7) is 1.20. The van der Waals surface area contributed by atoms with Crippen LogP contribution >= 0.6 is 0 Å². The number of esters is 1. The SMILES string of the molecule is CC(N)C(=O)OCC1OC(n2cnc3c(=O)[nH]cnc32)C(O)C1O. The van der Waals surface area contributed by atoms with Crippen molar-refractivity contribution >= 4 is 17.1 Å². The van der Waals surface area contributed by atoms with Crippen LogP contribution in [-0.4, -0.2) is 66.7 Å². The van der Waals surface area contributed by atoms with Gasteiger partial charge >= 0.3 is 5.97 Å². The summed E-state index contributed by atoms with van der Waals surface area (Å²) in [5.74, 6) is -0.648. The molecule has 5 unspecified atom stereocenters. The standard InChI is InChI=1S/C13H17N5O6/c1-5(14)13(22)23-2-6-8(19)9(20)12(24-6)18-4-17-7-10(18)15-3-16-11(7)21/h3-6,8-9,12,19-20H,2,14H2,1H3,(H,15,16,21). The number of H-pyrrole nitrogens is 1. The number of ether oxygens (including phenoxy) is 2. The summed E-state index contributed by atoms with van der Waals surface area (Å²) in [5.41, 5.74) is 5.22. The van der Waals surface area contributed by atoms with Crippen LogP contribution in [0.2, 0.25) is 0 Å². The summed E-state index contributed by atoms with van der Waals surface area (Å²) in [6.07, 6.45) is -2.12. The summed E-state index contributed by atoms with van der Waals surface area (Å²) in [4.78, 5) is 33.4. The summed E-state index contributed by atoms with van der Waals surface area (Å²) < 4.78 is 11.8. The lowest BCUT2D eigenvalue weighted by Gasteiger charge is -2.16. The molecule has 0 radical (unpaired) electrons. The maximum absolute atomic E-state index is 11.7. The van der Waals surface area contributed by atoms with E-state index in [2.05, 4.69) is 15.0 Å². The molecule has 130 valence electrons.